The topological polar surface area (TPSA) is 56.0 Å². The molecule has 0 saturated carbocycles. The van der Waals surface area contributed by atoms with Gasteiger partial charge in [0.15, 0.2) is 3.95 Å². The fourth-order valence-corrected chi connectivity index (χ4v) is 3.45. The Bertz CT molecular complexity index is 765. The van der Waals surface area contributed by atoms with Crippen molar-refractivity contribution in [1.29, 1.82) is 0 Å². The number of rotatable bonds is 6. The van der Waals surface area contributed by atoms with Crippen molar-refractivity contribution in [3.63, 3.8) is 0 Å². The molecule has 124 valence electrons. The molecule has 0 aliphatic heterocycles. The van der Waals surface area contributed by atoms with Gasteiger partial charge in [0, 0.05) is 12.1 Å². The number of benzene rings is 1. The van der Waals surface area contributed by atoms with Crippen molar-refractivity contribution < 1.29 is 14.6 Å². The van der Waals surface area contributed by atoms with Crippen LogP contribution in [0, 0.1) is 3.95 Å². The molecule has 0 spiro atoms. The van der Waals surface area contributed by atoms with Gasteiger partial charge in [-0.2, -0.15) is 0 Å². The summed E-state index contributed by atoms with van der Waals surface area (Å²) < 4.78 is 12.9. The lowest BCUT2D eigenvalue weighted by molar-refractivity contribution is 0.384. The Kier molecular flexibility index (Phi) is 5.79. The first-order chi connectivity index (χ1) is 11.0. The summed E-state index contributed by atoms with van der Waals surface area (Å²) in [4.78, 5) is 5.04. The molecule has 1 heterocycles. The summed E-state index contributed by atoms with van der Waals surface area (Å²) in [6, 6.07) is 5.52. The van der Waals surface area contributed by atoms with Crippen molar-refractivity contribution in [1.82, 2.24) is 4.57 Å². The zero-order valence-corrected chi connectivity index (χ0v) is 15.2. The van der Waals surface area contributed by atoms with Crippen molar-refractivity contribution in [2.24, 2.45) is 4.99 Å². The number of aliphatic imine (C=N–C) groups is 1. The molecule has 23 heavy (non-hydrogen) atoms. The fraction of sp³-hybridized carbons (Fsp3) is 0.375. The van der Waals surface area contributed by atoms with Crippen LogP contribution in [0.1, 0.15) is 31.2 Å². The first-order valence-corrected chi connectivity index (χ1v) is 8.44. The van der Waals surface area contributed by atoms with Crippen LogP contribution in [-0.2, 0) is 0 Å². The summed E-state index contributed by atoms with van der Waals surface area (Å²) >= 11 is 6.67. The van der Waals surface area contributed by atoms with Crippen molar-refractivity contribution in [3.8, 4) is 17.4 Å². The summed E-state index contributed by atoms with van der Waals surface area (Å²) in [5.41, 5.74) is 0.655. The van der Waals surface area contributed by atoms with E-state index in [0.29, 0.717) is 26.0 Å². The lowest BCUT2D eigenvalue weighted by atomic mass is 10.2. The summed E-state index contributed by atoms with van der Waals surface area (Å²) in [6.45, 7) is 4.08. The smallest absolute Gasteiger partial charge is 0.212 e. The van der Waals surface area contributed by atoms with Crippen LogP contribution < -0.4 is 9.47 Å². The van der Waals surface area contributed by atoms with Crippen LogP contribution in [-0.4, -0.2) is 30.1 Å². The monoisotopic (exact) mass is 352 g/mol. The van der Waals surface area contributed by atoms with Crippen LogP contribution in [0.15, 0.2) is 23.2 Å². The molecule has 0 aliphatic carbocycles. The number of aromatic hydroxyl groups is 1. The third-order valence-electron chi connectivity index (χ3n) is 3.58. The Labute approximate surface area is 144 Å². The van der Waals surface area contributed by atoms with E-state index in [1.54, 1.807) is 43.2 Å². The maximum absolute atomic E-state index is 10.4. The van der Waals surface area contributed by atoms with Crippen LogP contribution in [0.2, 0.25) is 0 Å². The molecule has 0 radical (unpaired) electrons. The van der Waals surface area contributed by atoms with E-state index in [2.05, 4.69) is 11.9 Å². The second kappa shape index (κ2) is 7.61. The standard InChI is InChI=1S/C16H20N2O3S2/c1-5-10(2)18-15(19)14(23-16(18)22)9-17-12-7-6-11(20-3)8-13(12)21-4/h6-10,19H,5H2,1-4H3/t10-/m1/s1. The molecular formula is C16H20N2O3S2. The number of thiazole rings is 1. The van der Waals surface area contributed by atoms with E-state index < -0.39 is 0 Å². The van der Waals surface area contributed by atoms with Crippen molar-refractivity contribution >= 4 is 35.5 Å². The Morgan fingerprint density at radius 3 is 2.74 bits per heavy atom. The first-order valence-electron chi connectivity index (χ1n) is 7.22. The predicted molar refractivity (Wildman–Crippen MR) is 96.6 cm³/mol. The molecule has 0 bridgehead atoms. The summed E-state index contributed by atoms with van der Waals surface area (Å²) in [7, 11) is 3.18. The van der Waals surface area contributed by atoms with Gasteiger partial charge in [-0.15, -0.1) is 0 Å². The van der Waals surface area contributed by atoms with Gasteiger partial charge in [0.1, 0.15) is 22.1 Å². The predicted octanol–water partition coefficient (Wildman–Crippen LogP) is 4.72. The second-order valence-corrected chi connectivity index (χ2v) is 6.65. The summed E-state index contributed by atoms with van der Waals surface area (Å²) in [6.07, 6.45) is 2.50. The van der Waals surface area contributed by atoms with E-state index in [1.165, 1.54) is 11.3 Å². The van der Waals surface area contributed by atoms with Gasteiger partial charge in [0.2, 0.25) is 5.88 Å². The Morgan fingerprint density at radius 2 is 2.13 bits per heavy atom. The van der Waals surface area contributed by atoms with E-state index >= 15 is 0 Å². The summed E-state index contributed by atoms with van der Waals surface area (Å²) in [5, 5.41) is 10.4. The van der Waals surface area contributed by atoms with E-state index in [1.807, 2.05) is 6.92 Å². The van der Waals surface area contributed by atoms with E-state index in [4.69, 9.17) is 21.7 Å². The fourth-order valence-electron chi connectivity index (χ4n) is 2.07. The van der Waals surface area contributed by atoms with Crippen LogP contribution in [0.3, 0.4) is 0 Å². The van der Waals surface area contributed by atoms with Crippen molar-refractivity contribution in [2.45, 2.75) is 26.3 Å². The molecule has 1 aromatic heterocycles. The van der Waals surface area contributed by atoms with Gasteiger partial charge in [0.25, 0.3) is 0 Å². The highest BCUT2D eigenvalue weighted by Crippen LogP contribution is 2.33. The van der Waals surface area contributed by atoms with Crippen LogP contribution >= 0.6 is 23.6 Å². The normalized spacial score (nSPS) is 12.5. The van der Waals surface area contributed by atoms with Gasteiger partial charge in [-0.1, -0.05) is 18.3 Å². The SMILES string of the molecule is CC[C@@H](C)n1c(O)c(C=Nc2ccc(OC)cc2OC)sc1=S. The molecule has 0 unspecified atom stereocenters. The second-order valence-electron chi connectivity index (χ2n) is 4.98. The quantitative estimate of drug-likeness (QED) is 0.603. The van der Waals surface area contributed by atoms with Gasteiger partial charge in [-0.25, -0.2) is 0 Å². The number of hydrogen-bond acceptors (Lipinski definition) is 6. The van der Waals surface area contributed by atoms with Gasteiger partial charge in [0.05, 0.1) is 20.4 Å². The highest BCUT2D eigenvalue weighted by Gasteiger charge is 2.14. The zero-order chi connectivity index (χ0) is 17.0. The average Bonchev–Trinajstić information content (AvgIpc) is 2.85. The molecule has 0 saturated heterocycles. The summed E-state index contributed by atoms with van der Waals surface area (Å²) in [5.74, 6) is 1.46. The Morgan fingerprint density at radius 1 is 1.39 bits per heavy atom. The van der Waals surface area contributed by atoms with Crippen molar-refractivity contribution in [2.75, 3.05) is 14.2 Å². The third-order valence-corrected chi connectivity index (χ3v) is 4.91. The molecule has 1 aromatic carbocycles. The Balaban J connectivity index is 2.36. The van der Waals surface area contributed by atoms with Crippen LogP contribution in [0.5, 0.6) is 17.4 Å². The number of methoxy groups -OCH3 is 2. The highest BCUT2D eigenvalue weighted by atomic mass is 32.1. The molecule has 0 fully saturated rings. The largest absolute Gasteiger partial charge is 0.497 e. The molecule has 2 aromatic rings. The minimum absolute atomic E-state index is 0.149. The molecule has 7 heteroatoms. The van der Waals surface area contributed by atoms with Gasteiger partial charge >= 0.3 is 0 Å². The number of nitrogens with zero attached hydrogens (tertiary/aromatic N) is 2. The molecular weight excluding hydrogens is 332 g/mol. The van der Waals surface area contributed by atoms with Gasteiger partial charge in [-0.05, 0) is 37.7 Å². The molecule has 0 aliphatic rings. The number of aromatic nitrogens is 1. The lowest BCUT2D eigenvalue weighted by Gasteiger charge is -2.11. The van der Waals surface area contributed by atoms with E-state index in [9.17, 15) is 5.11 Å². The molecule has 1 N–H and O–H groups in total. The lowest BCUT2D eigenvalue weighted by Crippen LogP contribution is -2.02. The number of ether oxygens (including phenoxy) is 2. The Hall–Kier alpha value is -1.86. The van der Waals surface area contributed by atoms with Gasteiger partial charge in [-0.3, -0.25) is 9.56 Å². The van der Waals surface area contributed by atoms with Crippen LogP contribution in [0.4, 0.5) is 5.69 Å². The molecule has 5 nitrogen and oxygen atoms in total. The van der Waals surface area contributed by atoms with E-state index in [0.717, 1.165) is 6.42 Å². The van der Waals surface area contributed by atoms with E-state index in [-0.39, 0.29) is 11.9 Å². The average molecular weight is 352 g/mol. The first kappa shape index (κ1) is 17.5. The maximum Gasteiger partial charge on any atom is 0.212 e. The minimum Gasteiger partial charge on any atom is -0.497 e. The van der Waals surface area contributed by atoms with Gasteiger partial charge < -0.3 is 14.6 Å². The molecule has 0 amide bonds. The minimum atomic E-state index is 0.149. The van der Waals surface area contributed by atoms with Crippen LogP contribution in [0.25, 0.3) is 0 Å². The molecule has 2 rings (SSSR count). The maximum atomic E-state index is 10.4. The zero-order valence-electron chi connectivity index (χ0n) is 13.6. The number of hydrogen-bond donors (Lipinski definition) is 1. The molecule has 1 atom stereocenters. The third kappa shape index (κ3) is 3.73. The van der Waals surface area contributed by atoms with Crippen molar-refractivity contribution in [3.05, 3.63) is 27.0 Å². The highest BCUT2D eigenvalue weighted by molar-refractivity contribution is 7.73.